The normalized spacial score (nSPS) is 17.6. The molecule has 1 heterocycles. The SMILES string of the molecule is CNCC1CCN(C(=O)c2cc(NC(=O)C(C)C)ccc2Cl)C1. The number of benzene rings is 1. The number of nitrogens with one attached hydrogen (secondary N) is 2. The quantitative estimate of drug-likeness (QED) is 0.868. The standard InChI is InChI=1S/C17H24ClN3O2/c1-11(2)16(22)20-13-4-5-15(18)14(8-13)17(23)21-7-6-12(10-21)9-19-3/h4-5,8,11-12,19H,6-7,9-10H2,1-3H3,(H,20,22). The molecule has 2 N–H and O–H groups in total. The lowest BCUT2D eigenvalue weighted by molar-refractivity contribution is -0.118. The maximum absolute atomic E-state index is 12.7. The fraction of sp³-hybridized carbons (Fsp3) is 0.529. The highest BCUT2D eigenvalue weighted by atomic mass is 35.5. The summed E-state index contributed by atoms with van der Waals surface area (Å²) < 4.78 is 0. The zero-order valence-electron chi connectivity index (χ0n) is 13.9. The van der Waals surface area contributed by atoms with E-state index in [9.17, 15) is 9.59 Å². The number of likely N-dealkylation sites (tertiary alicyclic amines) is 1. The maximum atomic E-state index is 12.7. The highest BCUT2D eigenvalue weighted by Gasteiger charge is 2.27. The summed E-state index contributed by atoms with van der Waals surface area (Å²) in [4.78, 5) is 26.3. The number of amides is 2. The largest absolute Gasteiger partial charge is 0.338 e. The van der Waals surface area contributed by atoms with Gasteiger partial charge in [0.05, 0.1) is 10.6 Å². The predicted octanol–water partition coefficient (Wildman–Crippen LogP) is 2.62. The van der Waals surface area contributed by atoms with Gasteiger partial charge < -0.3 is 15.5 Å². The van der Waals surface area contributed by atoms with Gasteiger partial charge in [0.1, 0.15) is 0 Å². The fourth-order valence-electron chi connectivity index (χ4n) is 2.70. The second kappa shape index (κ2) is 7.79. The van der Waals surface area contributed by atoms with Gasteiger partial charge in [-0.15, -0.1) is 0 Å². The lowest BCUT2D eigenvalue weighted by atomic mass is 10.1. The van der Waals surface area contributed by atoms with Crippen molar-refractivity contribution in [3.05, 3.63) is 28.8 Å². The molecule has 2 rings (SSSR count). The van der Waals surface area contributed by atoms with Gasteiger partial charge in [-0.05, 0) is 44.1 Å². The van der Waals surface area contributed by atoms with Crippen molar-refractivity contribution in [2.45, 2.75) is 20.3 Å². The first-order valence-corrected chi connectivity index (χ1v) is 8.34. The monoisotopic (exact) mass is 337 g/mol. The minimum absolute atomic E-state index is 0.0748. The summed E-state index contributed by atoms with van der Waals surface area (Å²) >= 11 is 6.19. The smallest absolute Gasteiger partial charge is 0.255 e. The predicted molar refractivity (Wildman–Crippen MR) is 92.9 cm³/mol. The van der Waals surface area contributed by atoms with E-state index in [2.05, 4.69) is 10.6 Å². The third-order valence-corrected chi connectivity index (χ3v) is 4.38. The molecular weight excluding hydrogens is 314 g/mol. The molecule has 1 aliphatic heterocycles. The number of nitrogens with zero attached hydrogens (tertiary/aromatic N) is 1. The van der Waals surface area contributed by atoms with Gasteiger partial charge in [0.15, 0.2) is 0 Å². The highest BCUT2D eigenvalue weighted by Crippen LogP contribution is 2.25. The average Bonchev–Trinajstić information content (AvgIpc) is 2.97. The Morgan fingerprint density at radius 3 is 2.78 bits per heavy atom. The van der Waals surface area contributed by atoms with E-state index in [0.29, 0.717) is 22.2 Å². The number of halogens is 1. The van der Waals surface area contributed by atoms with E-state index in [4.69, 9.17) is 11.6 Å². The Morgan fingerprint density at radius 2 is 2.13 bits per heavy atom. The molecule has 1 atom stereocenters. The van der Waals surface area contributed by atoms with Gasteiger partial charge in [-0.3, -0.25) is 9.59 Å². The van der Waals surface area contributed by atoms with Crippen LogP contribution < -0.4 is 10.6 Å². The van der Waals surface area contributed by atoms with Crippen LogP contribution in [0.1, 0.15) is 30.6 Å². The van der Waals surface area contributed by atoms with Gasteiger partial charge in [0, 0.05) is 24.7 Å². The van der Waals surface area contributed by atoms with E-state index in [1.807, 2.05) is 25.8 Å². The zero-order chi connectivity index (χ0) is 17.0. The van der Waals surface area contributed by atoms with E-state index in [0.717, 1.165) is 26.1 Å². The molecule has 1 aromatic carbocycles. The lowest BCUT2D eigenvalue weighted by Gasteiger charge is -2.18. The van der Waals surface area contributed by atoms with Crippen molar-refractivity contribution in [3.8, 4) is 0 Å². The van der Waals surface area contributed by atoms with Gasteiger partial charge in [0.25, 0.3) is 5.91 Å². The molecule has 1 unspecified atom stereocenters. The molecule has 1 aromatic rings. The zero-order valence-corrected chi connectivity index (χ0v) is 14.6. The Bertz CT molecular complexity index is 589. The first kappa shape index (κ1) is 17.8. The Labute approximate surface area is 142 Å². The number of carbonyl (C=O) groups is 2. The molecule has 0 bridgehead atoms. The Hall–Kier alpha value is -1.59. The van der Waals surface area contributed by atoms with Crippen molar-refractivity contribution in [2.75, 3.05) is 32.0 Å². The number of rotatable bonds is 5. The first-order valence-electron chi connectivity index (χ1n) is 7.96. The molecular formula is C17H24ClN3O2. The summed E-state index contributed by atoms with van der Waals surface area (Å²) in [5.74, 6) is 0.201. The van der Waals surface area contributed by atoms with Crippen LogP contribution in [0.4, 0.5) is 5.69 Å². The number of carbonyl (C=O) groups excluding carboxylic acids is 2. The summed E-state index contributed by atoms with van der Waals surface area (Å²) in [5.41, 5.74) is 1.04. The van der Waals surface area contributed by atoms with Crippen molar-refractivity contribution >= 4 is 29.1 Å². The van der Waals surface area contributed by atoms with E-state index < -0.39 is 0 Å². The van der Waals surface area contributed by atoms with E-state index in [-0.39, 0.29) is 17.7 Å². The lowest BCUT2D eigenvalue weighted by Crippen LogP contribution is -2.30. The molecule has 23 heavy (non-hydrogen) atoms. The van der Waals surface area contributed by atoms with Gasteiger partial charge in [-0.25, -0.2) is 0 Å². The topological polar surface area (TPSA) is 61.4 Å². The van der Waals surface area contributed by atoms with Crippen LogP contribution in [0.5, 0.6) is 0 Å². The molecule has 0 spiro atoms. The van der Waals surface area contributed by atoms with Gasteiger partial charge >= 0.3 is 0 Å². The van der Waals surface area contributed by atoms with E-state index in [1.54, 1.807) is 18.2 Å². The van der Waals surface area contributed by atoms with Crippen LogP contribution >= 0.6 is 11.6 Å². The number of hydrogen-bond donors (Lipinski definition) is 2. The third kappa shape index (κ3) is 4.45. The first-order chi connectivity index (χ1) is 10.9. The second-order valence-corrected chi connectivity index (χ2v) is 6.71. The highest BCUT2D eigenvalue weighted by molar-refractivity contribution is 6.34. The van der Waals surface area contributed by atoms with Crippen LogP contribution in [0.25, 0.3) is 0 Å². The Balaban J connectivity index is 2.12. The molecule has 0 aromatic heterocycles. The third-order valence-electron chi connectivity index (χ3n) is 4.05. The molecule has 2 amide bonds. The minimum Gasteiger partial charge on any atom is -0.338 e. The Kier molecular flexibility index (Phi) is 6.02. The van der Waals surface area contributed by atoms with Gasteiger partial charge in [0.2, 0.25) is 5.91 Å². The number of hydrogen-bond acceptors (Lipinski definition) is 3. The second-order valence-electron chi connectivity index (χ2n) is 6.30. The van der Waals surface area contributed by atoms with E-state index in [1.165, 1.54) is 0 Å². The summed E-state index contributed by atoms with van der Waals surface area (Å²) in [7, 11) is 1.92. The molecule has 1 aliphatic rings. The molecule has 0 radical (unpaired) electrons. The molecule has 0 aliphatic carbocycles. The summed E-state index contributed by atoms with van der Waals surface area (Å²) in [6.07, 6.45) is 0.994. The van der Waals surface area contributed by atoms with Crippen LogP contribution in [0.2, 0.25) is 5.02 Å². The van der Waals surface area contributed by atoms with E-state index >= 15 is 0 Å². The molecule has 0 saturated carbocycles. The fourth-order valence-corrected chi connectivity index (χ4v) is 2.89. The molecule has 1 fully saturated rings. The molecule has 126 valence electrons. The maximum Gasteiger partial charge on any atom is 0.255 e. The van der Waals surface area contributed by atoms with Crippen LogP contribution in [0.3, 0.4) is 0 Å². The van der Waals surface area contributed by atoms with Crippen molar-refractivity contribution in [2.24, 2.45) is 11.8 Å². The Morgan fingerprint density at radius 1 is 1.39 bits per heavy atom. The van der Waals surface area contributed by atoms with Crippen LogP contribution in [0.15, 0.2) is 18.2 Å². The van der Waals surface area contributed by atoms with Crippen molar-refractivity contribution in [1.29, 1.82) is 0 Å². The molecule has 6 heteroatoms. The van der Waals surface area contributed by atoms with Crippen LogP contribution in [-0.4, -0.2) is 43.4 Å². The molecule has 5 nitrogen and oxygen atoms in total. The molecule has 1 saturated heterocycles. The summed E-state index contributed by atoms with van der Waals surface area (Å²) in [6.45, 7) is 6.03. The van der Waals surface area contributed by atoms with Crippen molar-refractivity contribution in [1.82, 2.24) is 10.2 Å². The van der Waals surface area contributed by atoms with Crippen molar-refractivity contribution in [3.63, 3.8) is 0 Å². The van der Waals surface area contributed by atoms with Crippen molar-refractivity contribution < 1.29 is 9.59 Å². The summed E-state index contributed by atoms with van der Waals surface area (Å²) in [5, 5.41) is 6.37. The van der Waals surface area contributed by atoms with Crippen LogP contribution in [0, 0.1) is 11.8 Å². The summed E-state index contributed by atoms with van der Waals surface area (Å²) in [6, 6.07) is 5.04. The average molecular weight is 338 g/mol. The number of anilines is 1. The van der Waals surface area contributed by atoms with Gasteiger partial charge in [-0.1, -0.05) is 25.4 Å². The minimum atomic E-state index is -0.120. The van der Waals surface area contributed by atoms with Crippen LogP contribution in [-0.2, 0) is 4.79 Å². The van der Waals surface area contributed by atoms with Gasteiger partial charge in [-0.2, -0.15) is 0 Å².